The van der Waals surface area contributed by atoms with Crippen LogP contribution in [0.4, 0.5) is 5.69 Å². The topological polar surface area (TPSA) is 118 Å². The van der Waals surface area contributed by atoms with E-state index in [1.54, 1.807) is 12.1 Å². The smallest absolute Gasteiger partial charge is 0.303 e. The number of carbonyl (C=O) groups is 2. The SMILES string of the molecule is CC(=O)O[C@@H](C)C(=O)Nc1ccc([C@H]2O[C@@H](CN(C)[C@@H](C)[C@H](O)c3ccccc3)C[C@@H](c3ccc(CO)cc3)O2)cc1. The van der Waals surface area contributed by atoms with Crippen molar-refractivity contribution in [1.82, 2.24) is 4.90 Å². The molecule has 9 nitrogen and oxygen atoms in total. The molecule has 1 saturated heterocycles. The second kappa shape index (κ2) is 14.5. The van der Waals surface area contributed by atoms with Crippen molar-refractivity contribution in [2.45, 2.75) is 70.5 Å². The summed E-state index contributed by atoms with van der Waals surface area (Å²) in [5.74, 6) is -0.950. The third kappa shape index (κ3) is 8.24. The summed E-state index contributed by atoms with van der Waals surface area (Å²) in [5, 5.41) is 23.2. The molecule has 0 aromatic heterocycles. The second-order valence-electron chi connectivity index (χ2n) is 10.7. The van der Waals surface area contributed by atoms with Crippen molar-refractivity contribution >= 4 is 17.6 Å². The number of amides is 1. The zero-order valence-electron chi connectivity index (χ0n) is 24.5. The van der Waals surface area contributed by atoms with Gasteiger partial charge in [0.2, 0.25) is 0 Å². The Morgan fingerprint density at radius 3 is 2.24 bits per heavy atom. The van der Waals surface area contributed by atoms with Crippen LogP contribution in [-0.2, 0) is 30.4 Å². The highest BCUT2D eigenvalue weighted by molar-refractivity contribution is 5.94. The number of nitrogens with one attached hydrogen (secondary N) is 1. The summed E-state index contributed by atoms with van der Waals surface area (Å²) >= 11 is 0. The van der Waals surface area contributed by atoms with Gasteiger partial charge in [-0.3, -0.25) is 14.5 Å². The van der Waals surface area contributed by atoms with E-state index in [0.717, 1.165) is 22.3 Å². The minimum absolute atomic E-state index is 0.0326. The molecule has 6 atom stereocenters. The molecule has 1 aliphatic rings. The van der Waals surface area contributed by atoms with Crippen molar-refractivity contribution < 1.29 is 34.0 Å². The molecule has 0 bridgehead atoms. The van der Waals surface area contributed by atoms with Crippen LogP contribution >= 0.6 is 0 Å². The Labute approximate surface area is 247 Å². The Bertz CT molecular complexity index is 1300. The van der Waals surface area contributed by atoms with Gasteiger partial charge >= 0.3 is 5.97 Å². The highest BCUT2D eigenvalue weighted by Crippen LogP contribution is 2.38. The van der Waals surface area contributed by atoms with Crippen molar-refractivity contribution in [3.63, 3.8) is 0 Å². The standard InChI is InChI=1S/C33H40N2O7/c1-21(31(38)26-8-6-5-7-9-26)35(4)19-29-18-30(25-12-10-24(20-36)11-13-25)42-33(41-29)27-14-16-28(17-15-27)34-32(39)22(2)40-23(3)37/h5-17,21-22,29-31,33,36,38H,18-20H2,1-4H3,(H,34,39)/t21-,22-,29+,30-,31-,33-/m0/s1. The van der Waals surface area contributed by atoms with Crippen molar-refractivity contribution in [1.29, 1.82) is 0 Å². The Morgan fingerprint density at radius 1 is 0.976 bits per heavy atom. The van der Waals surface area contributed by atoms with Gasteiger partial charge in [0.25, 0.3) is 5.91 Å². The summed E-state index contributed by atoms with van der Waals surface area (Å²) in [5.41, 5.74) is 3.99. The van der Waals surface area contributed by atoms with Crippen molar-refractivity contribution in [3.8, 4) is 0 Å². The summed E-state index contributed by atoms with van der Waals surface area (Å²) in [6.45, 7) is 5.30. The molecule has 1 aliphatic heterocycles. The second-order valence-corrected chi connectivity index (χ2v) is 10.7. The van der Waals surface area contributed by atoms with Crippen LogP contribution in [-0.4, -0.2) is 58.8 Å². The van der Waals surface area contributed by atoms with E-state index in [1.807, 2.05) is 80.7 Å². The van der Waals surface area contributed by atoms with Crippen molar-refractivity contribution in [2.75, 3.05) is 18.9 Å². The lowest BCUT2D eigenvalue weighted by atomic mass is 9.98. The Balaban J connectivity index is 1.49. The van der Waals surface area contributed by atoms with Gasteiger partial charge in [0.1, 0.15) is 0 Å². The number of ether oxygens (including phenoxy) is 3. The van der Waals surface area contributed by atoms with Gasteiger partial charge in [-0.1, -0.05) is 66.7 Å². The number of rotatable bonds is 11. The Hall–Kier alpha value is -3.60. The first-order chi connectivity index (χ1) is 20.1. The first-order valence-electron chi connectivity index (χ1n) is 14.2. The van der Waals surface area contributed by atoms with Gasteiger partial charge in [0.05, 0.1) is 24.9 Å². The van der Waals surface area contributed by atoms with Gasteiger partial charge < -0.3 is 29.7 Å². The molecule has 1 heterocycles. The first kappa shape index (κ1) is 31.3. The number of benzene rings is 3. The van der Waals surface area contributed by atoms with E-state index in [1.165, 1.54) is 13.8 Å². The molecule has 1 amide bonds. The molecule has 0 unspecified atom stereocenters. The highest BCUT2D eigenvalue weighted by Gasteiger charge is 2.34. The number of nitrogens with zero attached hydrogens (tertiary/aromatic N) is 1. The molecule has 0 spiro atoms. The average Bonchev–Trinajstić information content (AvgIpc) is 3.00. The van der Waals surface area contributed by atoms with Crippen LogP contribution in [0.15, 0.2) is 78.9 Å². The number of aliphatic hydroxyl groups is 2. The number of hydrogen-bond donors (Lipinski definition) is 3. The summed E-state index contributed by atoms with van der Waals surface area (Å²) in [6.07, 6.45) is -2.08. The highest BCUT2D eigenvalue weighted by atomic mass is 16.7. The number of hydrogen-bond acceptors (Lipinski definition) is 8. The van der Waals surface area contributed by atoms with Gasteiger partial charge in [-0.15, -0.1) is 0 Å². The molecule has 42 heavy (non-hydrogen) atoms. The molecule has 0 saturated carbocycles. The predicted octanol–water partition coefficient (Wildman–Crippen LogP) is 4.67. The number of esters is 1. The third-order valence-corrected chi connectivity index (χ3v) is 7.56. The maximum absolute atomic E-state index is 12.3. The monoisotopic (exact) mass is 576 g/mol. The van der Waals surface area contributed by atoms with E-state index in [0.29, 0.717) is 18.7 Å². The number of likely N-dealkylation sites (N-methyl/N-ethyl adjacent to an activating group) is 1. The first-order valence-corrected chi connectivity index (χ1v) is 14.2. The van der Waals surface area contributed by atoms with Crippen molar-refractivity contribution in [2.24, 2.45) is 0 Å². The lowest BCUT2D eigenvalue weighted by molar-refractivity contribution is -0.253. The summed E-state index contributed by atoms with van der Waals surface area (Å²) < 4.78 is 17.8. The Kier molecular flexibility index (Phi) is 10.8. The van der Waals surface area contributed by atoms with Gasteiger partial charge in [-0.05, 0) is 49.7 Å². The van der Waals surface area contributed by atoms with Crippen LogP contribution in [0.3, 0.4) is 0 Å². The fourth-order valence-corrected chi connectivity index (χ4v) is 4.96. The molecular weight excluding hydrogens is 536 g/mol. The fourth-order valence-electron chi connectivity index (χ4n) is 4.96. The predicted molar refractivity (Wildman–Crippen MR) is 158 cm³/mol. The van der Waals surface area contributed by atoms with Crippen LogP contribution in [0.2, 0.25) is 0 Å². The van der Waals surface area contributed by atoms with Crippen LogP contribution in [0, 0.1) is 0 Å². The lowest BCUT2D eigenvalue weighted by Crippen LogP contribution is -2.43. The van der Waals surface area contributed by atoms with Crippen LogP contribution in [0.5, 0.6) is 0 Å². The summed E-state index contributed by atoms with van der Waals surface area (Å²) in [6, 6.07) is 24.3. The quantitative estimate of drug-likeness (QED) is 0.282. The fraction of sp³-hybridized carbons (Fsp3) is 0.394. The average molecular weight is 577 g/mol. The van der Waals surface area contributed by atoms with E-state index >= 15 is 0 Å². The molecule has 9 heteroatoms. The Morgan fingerprint density at radius 2 is 1.62 bits per heavy atom. The molecule has 1 fully saturated rings. The van der Waals surface area contributed by atoms with Gasteiger partial charge in [-0.25, -0.2) is 0 Å². The number of aliphatic hydroxyl groups excluding tert-OH is 2. The van der Waals surface area contributed by atoms with Gasteiger partial charge in [0, 0.05) is 37.2 Å². The molecule has 0 radical (unpaired) electrons. The number of carbonyl (C=O) groups excluding carboxylic acids is 2. The van der Waals surface area contributed by atoms with E-state index in [-0.39, 0.29) is 24.9 Å². The summed E-state index contributed by atoms with van der Waals surface area (Å²) in [7, 11) is 1.98. The van der Waals surface area contributed by atoms with Crippen molar-refractivity contribution in [3.05, 3.63) is 101 Å². The minimum atomic E-state index is -0.911. The lowest BCUT2D eigenvalue weighted by Gasteiger charge is -2.39. The molecule has 3 aromatic carbocycles. The molecular formula is C33H40N2O7. The molecule has 224 valence electrons. The largest absolute Gasteiger partial charge is 0.453 e. The van der Waals surface area contributed by atoms with E-state index in [2.05, 4.69) is 10.2 Å². The van der Waals surface area contributed by atoms with E-state index in [4.69, 9.17) is 14.2 Å². The normalized spacial score (nSPS) is 20.9. The molecule has 0 aliphatic carbocycles. The van der Waals surface area contributed by atoms with Crippen LogP contribution in [0.25, 0.3) is 0 Å². The van der Waals surface area contributed by atoms with E-state index < -0.39 is 30.4 Å². The summed E-state index contributed by atoms with van der Waals surface area (Å²) in [4.78, 5) is 25.6. The third-order valence-electron chi connectivity index (χ3n) is 7.56. The van der Waals surface area contributed by atoms with Gasteiger partial charge in [-0.2, -0.15) is 0 Å². The van der Waals surface area contributed by atoms with Crippen LogP contribution < -0.4 is 5.32 Å². The minimum Gasteiger partial charge on any atom is -0.453 e. The molecule has 4 rings (SSSR count). The maximum Gasteiger partial charge on any atom is 0.303 e. The zero-order valence-corrected chi connectivity index (χ0v) is 24.5. The van der Waals surface area contributed by atoms with Gasteiger partial charge in [0.15, 0.2) is 12.4 Å². The molecule has 3 N–H and O–H groups in total. The number of anilines is 1. The van der Waals surface area contributed by atoms with Crippen LogP contribution in [0.1, 0.15) is 67.9 Å². The zero-order chi connectivity index (χ0) is 30.2. The molecule has 3 aromatic rings. The van der Waals surface area contributed by atoms with E-state index in [9.17, 15) is 19.8 Å². The maximum atomic E-state index is 12.3.